The molecule has 0 radical (unpaired) electrons. The lowest BCUT2D eigenvalue weighted by Crippen LogP contribution is -2.36. The molecule has 0 saturated heterocycles. The second-order valence-corrected chi connectivity index (χ2v) is 5.20. The van der Waals surface area contributed by atoms with E-state index in [9.17, 15) is 4.39 Å². The Bertz CT molecular complexity index is 368. The van der Waals surface area contributed by atoms with Crippen LogP contribution in [0.3, 0.4) is 0 Å². The topological polar surface area (TPSA) is 26.0 Å². The van der Waals surface area contributed by atoms with Crippen molar-refractivity contribution in [1.29, 1.82) is 0 Å². The molecular weight excluding hydrogens is 201 g/mol. The van der Waals surface area contributed by atoms with Gasteiger partial charge in [-0.25, -0.2) is 4.39 Å². The van der Waals surface area contributed by atoms with Gasteiger partial charge in [0.15, 0.2) is 0 Å². The second-order valence-electron chi connectivity index (χ2n) is 5.20. The van der Waals surface area contributed by atoms with E-state index in [0.29, 0.717) is 12.8 Å². The number of alkyl halides is 1. The van der Waals surface area contributed by atoms with Crippen molar-refractivity contribution >= 4 is 0 Å². The van der Waals surface area contributed by atoms with E-state index < -0.39 is 5.67 Å². The Morgan fingerprint density at radius 3 is 2.44 bits per heavy atom. The Labute approximate surface area is 96.9 Å². The molecule has 0 amide bonds. The molecule has 2 atom stereocenters. The van der Waals surface area contributed by atoms with Gasteiger partial charge in [-0.15, -0.1) is 0 Å². The number of rotatable bonds is 1. The molecule has 1 aliphatic rings. The Balaban J connectivity index is 2.34. The SMILES string of the molecule is Cc1cc(C)cc(C2(F)CCCC(N)C2)c1. The molecule has 0 aromatic heterocycles. The summed E-state index contributed by atoms with van der Waals surface area (Å²) < 4.78 is 14.8. The fourth-order valence-electron chi connectivity index (χ4n) is 2.76. The minimum absolute atomic E-state index is 0.0135. The first-order valence-electron chi connectivity index (χ1n) is 6.03. The van der Waals surface area contributed by atoms with E-state index in [2.05, 4.69) is 6.07 Å². The maximum absolute atomic E-state index is 14.8. The van der Waals surface area contributed by atoms with Gasteiger partial charge in [-0.05, 0) is 38.7 Å². The number of aryl methyl sites for hydroxylation is 2. The summed E-state index contributed by atoms with van der Waals surface area (Å²) in [6.45, 7) is 4.03. The molecule has 1 saturated carbocycles. The van der Waals surface area contributed by atoms with Gasteiger partial charge < -0.3 is 5.73 Å². The summed E-state index contributed by atoms with van der Waals surface area (Å²) in [4.78, 5) is 0. The third kappa shape index (κ3) is 2.27. The largest absolute Gasteiger partial charge is 0.328 e. The van der Waals surface area contributed by atoms with Crippen LogP contribution in [0.15, 0.2) is 18.2 Å². The first kappa shape index (κ1) is 11.6. The van der Waals surface area contributed by atoms with E-state index in [-0.39, 0.29) is 6.04 Å². The number of nitrogens with two attached hydrogens (primary N) is 1. The van der Waals surface area contributed by atoms with E-state index in [0.717, 1.165) is 29.5 Å². The molecule has 2 N–H and O–H groups in total. The predicted octanol–water partition coefficient (Wildman–Crippen LogP) is 3.37. The lowest BCUT2D eigenvalue weighted by molar-refractivity contribution is 0.0946. The Kier molecular flexibility index (Phi) is 3.02. The zero-order chi connectivity index (χ0) is 11.8. The van der Waals surface area contributed by atoms with E-state index in [1.807, 2.05) is 26.0 Å². The fourth-order valence-corrected chi connectivity index (χ4v) is 2.76. The molecule has 0 heterocycles. The molecular formula is C14H20FN. The molecule has 1 nitrogen and oxygen atoms in total. The highest BCUT2D eigenvalue weighted by Crippen LogP contribution is 2.40. The van der Waals surface area contributed by atoms with Crippen molar-refractivity contribution < 1.29 is 4.39 Å². The van der Waals surface area contributed by atoms with Gasteiger partial charge >= 0.3 is 0 Å². The van der Waals surface area contributed by atoms with Crippen LogP contribution in [0.2, 0.25) is 0 Å². The summed E-state index contributed by atoms with van der Waals surface area (Å²) in [5, 5.41) is 0. The van der Waals surface area contributed by atoms with Crippen molar-refractivity contribution in [3.63, 3.8) is 0 Å². The van der Waals surface area contributed by atoms with Crippen molar-refractivity contribution in [3.8, 4) is 0 Å². The Morgan fingerprint density at radius 1 is 1.25 bits per heavy atom. The molecule has 2 heteroatoms. The van der Waals surface area contributed by atoms with Crippen LogP contribution < -0.4 is 5.73 Å². The number of hydrogen-bond acceptors (Lipinski definition) is 1. The molecule has 88 valence electrons. The van der Waals surface area contributed by atoms with Crippen LogP contribution in [0.1, 0.15) is 42.4 Å². The van der Waals surface area contributed by atoms with Crippen LogP contribution in [0, 0.1) is 13.8 Å². The minimum Gasteiger partial charge on any atom is -0.328 e. The van der Waals surface area contributed by atoms with Crippen LogP contribution in [0.5, 0.6) is 0 Å². The summed E-state index contributed by atoms with van der Waals surface area (Å²) in [5.74, 6) is 0. The van der Waals surface area contributed by atoms with Gasteiger partial charge in [0.2, 0.25) is 0 Å². The van der Waals surface area contributed by atoms with Gasteiger partial charge in [0, 0.05) is 12.5 Å². The highest BCUT2D eigenvalue weighted by atomic mass is 19.1. The van der Waals surface area contributed by atoms with Crippen molar-refractivity contribution in [1.82, 2.24) is 0 Å². The third-order valence-electron chi connectivity index (χ3n) is 3.47. The number of benzene rings is 1. The van der Waals surface area contributed by atoms with E-state index in [4.69, 9.17) is 5.73 Å². The van der Waals surface area contributed by atoms with Crippen molar-refractivity contribution in [2.45, 2.75) is 51.2 Å². The summed E-state index contributed by atoms with van der Waals surface area (Å²) >= 11 is 0. The lowest BCUT2D eigenvalue weighted by atomic mass is 9.78. The highest BCUT2D eigenvalue weighted by molar-refractivity contribution is 5.33. The molecule has 1 fully saturated rings. The number of hydrogen-bond donors (Lipinski definition) is 1. The molecule has 0 spiro atoms. The van der Waals surface area contributed by atoms with Crippen LogP contribution in [-0.2, 0) is 5.67 Å². The average Bonchev–Trinajstić information content (AvgIpc) is 2.15. The summed E-state index contributed by atoms with van der Waals surface area (Å²) in [7, 11) is 0. The van der Waals surface area contributed by atoms with Gasteiger partial charge in [0.05, 0.1) is 0 Å². The molecule has 2 rings (SSSR count). The quantitative estimate of drug-likeness (QED) is 0.773. The van der Waals surface area contributed by atoms with Crippen molar-refractivity contribution in [2.24, 2.45) is 5.73 Å². The molecule has 0 bridgehead atoms. The van der Waals surface area contributed by atoms with Gasteiger partial charge in [-0.1, -0.05) is 29.3 Å². The molecule has 1 aromatic carbocycles. The Morgan fingerprint density at radius 2 is 1.88 bits per heavy atom. The van der Waals surface area contributed by atoms with Gasteiger partial charge in [0.1, 0.15) is 5.67 Å². The molecule has 2 unspecified atom stereocenters. The van der Waals surface area contributed by atoms with Gasteiger partial charge in [0.25, 0.3) is 0 Å². The highest BCUT2D eigenvalue weighted by Gasteiger charge is 2.36. The van der Waals surface area contributed by atoms with Gasteiger partial charge in [-0.2, -0.15) is 0 Å². The lowest BCUT2D eigenvalue weighted by Gasteiger charge is -2.33. The second kappa shape index (κ2) is 4.17. The fraction of sp³-hybridized carbons (Fsp3) is 0.571. The van der Waals surface area contributed by atoms with Crippen molar-refractivity contribution in [3.05, 3.63) is 34.9 Å². The van der Waals surface area contributed by atoms with E-state index in [1.165, 1.54) is 0 Å². The standard InChI is InChI=1S/C14H20FN/c1-10-6-11(2)8-12(7-10)14(15)5-3-4-13(16)9-14/h6-8,13H,3-5,9,16H2,1-2H3. The third-order valence-corrected chi connectivity index (χ3v) is 3.47. The summed E-state index contributed by atoms with van der Waals surface area (Å²) in [6, 6.07) is 6.02. The average molecular weight is 221 g/mol. The minimum atomic E-state index is -1.20. The molecule has 0 aliphatic heterocycles. The van der Waals surface area contributed by atoms with Crippen LogP contribution >= 0.6 is 0 Å². The predicted molar refractivity (Wildman–Crippen MR) is 65.1 cm³/mol. The van der Waals surface area contributed by atoms with E-state index >= 15 is 0 Å². The first-order chi connectivity index (χ1) is 7.49. The zero-order valence-electron chi connectivity index (χ0n) is 10.1. The smallest absolute Gasteiger partial charge is 0.137 e. The monoisotopic (exact) mass is 221 g/mol. The number of halogens is 1. The van der Waals surface area contributed by atoms with Crippen LogP contribution in [0.4, 0.5) is 4.39 Å². The summed E-state index contributed by atoms with van der Waals surface area (Å²) in [5.41, 5.74) is 7.76. The maximum Gasteiger partial charge on any atom is 0.137 e. The van der Waals surface area contributed by atoms with Gasteiger partial charge in [-0.3, -0.25) is 0 Å². The van der Waals surface area contributed by atoms with Crippen molar-refractivity contribution in [2.75, 3.05) is 0 Å². The summed E-state index contributed by atoms with van der Waals surface area (Å²) in [6.07, 6.45) is 2.93. The van der Waals surface area contributed by atoms with Crippen LogP contribution in [0.25, 0.3) is 0 Å². The van der Waals surface area contributed by atoms with Crippen LogP contribution in [-0.4, -0.2) is 6.04 Å². The normalized spacial score (nSPS) is 30.4. The molecule has 16 heavy (non-hydrogen) atoms. The molecule has 1 aliphatic carbocycles. The maximum atomic E-state index is 14.8. The molecule has 1 aromatic rings. The first-order valence-corrected chi connectivity index (χ1v) is 6.03. The van der Waals surface area contributed by atoms with E-state index in [1.54, 1.807) is 0 Å². The zero-order valence-corrected chi connectivity index (χ0v) is 10.1. The Hall–Kier alpha value is -0.890.